The molecular formula is C19H26ClN3O3. The lowest BCUT2D eigenvalue weighted by Gasteiger charge is -2.36. The van der Waals surface area contributed by atoms with Crippen LogP contribution in [0.4, 0.5) is 0 Å². The van der Waals surface area contributed by atoms with Crippen molar-refractivity contribution < 1.29 is 14.3 Å². The van der Waals surface area contributed by atoms with Gasteiger partial charge in [0.1, 0.15) is 5.75 Å². The van der Waals surface area contributed by atoms with E-state index in [1.165, 1.54) is 0 Å². The fourth-order valence-corrected chi connectivity index (χ4v) is 3.95. The maximum Gasteiger partial charge on any atom is 0.260 e. The molecular weight excluding hydrogens is 354 g/mol. The van der Waals surface area contributed by atoms with Gasteiger partial charge in [-0.05, 0) is 49.6 Å². The molecule has 1 aromatic rings. The third kappa shape index (κ3) is 4.48. The van der Waals surface area contributed by atoms with E-state index < -0.39 is 0 Å². The molecule has 0 radical (unpaired) electrons. The van der Waals surface area contributed by atoms with Gasteiger partial charge in [0.25, 0.3) is 5.91 Å². The number of halogens is 1. The lowest BCUT2D eigenvalue weighted by Crippen LogP contribution is -2.53. The molecule has 2 atom stereocenters. The molecule has 26 heavy (non-hydrogen) atoms. The summed E-state index contributed by atoms with van der Waals surface area (Å²) in [4.78, 5) is 28.7. The Labute approximate surface area is 159 Å². The summed E-state index contributed by atoms with van der Waals surface area (Å²) in [6.07, 6.45) is 3.07. The largest absolute Gasteiger partial charge is 0.484 e. The number of hydrogen-bond donors (Lipinski definition) is 1. The summed E-state index contributed by atoms with van der Waals surface area (Å²) in [6, 6.07) is 6.93. The van der Waals surface area contributed by atoms with E-state index in [1.54, 1.807) is 29.2 Å². The van der Waals surface area contributed by atoms with Crippen LogP contribution in [0.3, 0.4) is 0 Å². The van der Waals surface area contributed by atoms with Crippen LogP contribution in [0.1, 0.15) is 19.3 Å². The van der Waals surface area contributed by atoms with Gasteiger partial charge in [0.05, 0.1) is 0 Å². The first-order valence-electron chi connectivity index (χ1n) is 9.23. The van der Waals surface area contributed by atoms with Crippen molar-refractivity contribution in [1.29, 1.82) is 0 Å². The number of ether oxygens (including phenoxy) is 1. The third-order valence-electron chi connectivity index (χ3n) is 5.40. The number of nitrogens with zero attached hydrogens (tertiary/aromatic N) is 2. The van der Waals surface area contributed by atoms with Crippen LogP contribution in [0, 0.1) is 11.8 Å². The van der Waals surface area contributed by atoms with E-state index in [-0.39, 0.29) is 24.3 Å². The molecule has 1 saturated carbocycles. The van der Waals surface area contributed by atoms with E-state index in [0.717, 1.165) is 19.3 Å². The minimum Gasteiger partial charge on any atom is -0.484 e. The van der Waals surface area contributed by atoms with Gasteiger partial charge >= 0.3 is 0 Å². The maximum atomic E-state index is 12.7. The Morgan fingerprint density at radius 3 is 2.38 bits per heavy atom. The standard InChI is InChI=1S/C19H26ClN3O3/c20-15-4-6-16(7-5-15)26-13-18(24)22-8-10-23(11-9-22)19(25)17-3-1-2-14(17)12-21/h4-7,14,17H,1-3,8-13,21H2/t14-,17-/m1/s1. The molecule has 2 N–H and O–H groups in total. The highest BCUT2D eigenvalue weighted by molar-refractivity contribution is 6.30. The third-order valence-corrected chi connectivity index (χ3v) is 5.65. The van der Waals surface area contributed by atoms with Crippen molar-refractivity contribution in [3.63, 3.8) is 0 Å². The zero-order chi connectivity index (χ0) is 18.5. The van der Waals surface area contributed by atoms with Crippen molar-refractivity contribution in [2.75, 3.05) is 39.3 Å². The van der Waals surface area contributed by atoms with Crippen LogP contribution in [0.5, 0.6) is 5.75 Å². The number of hydrogen-bond acceptors (Lipinski definition) is 4. The summed E-state index contributed by atoms with van der Waals surface area (Å²) >= 11 is 5.83. The first-order chi connectivity index (χ1) is 12.6. The molecule has 0 bridgehead atoms. The summed E-state index contributed by atoms with van der Waals surface area (Å²) in [6.45, 7) is 2.84. The van der Waals surface area contributed by atoms with E-state index in [9.17, 15) is 9.59 Å². The maximum absolute atomic E-state index is 12.7. The van der Waals surface area contributed by atoms with E-state index >= 15 is 0 Å². The Bertz CT molecular complexity index is 629. The monoisotopic (exact) mass is 379 g/mol. The van der Waals surface area contributed by atoms with Crippen molar-refractivity contribution in [1.82, 2.24) is 9.80 Å². The molecule has 2 amide bonds. The molecule has 1 aliphatic carbocycles. The predicted molar refractivity (Wildman–Crippen MR) is 100.0 cm³/mol. The zero-order valence-corrected chi connectivity index (χ0v) is 15.7. The van der Waals surface area contributed by atoms with Crippen molar-refractivity contribution >= 4 is 23.4 Å². The Balaban J connectivity index is 1.44. The molecule has 142 valence electrons. The van der Waals surface area contributed by atoms with Crippen LogP contribution < -0.4 is 10.5 Å². The topological polar surface area (TPSA) is 75.9 Å². The van der Waals surface area contributed by atoms with Crippen LogP contribution >= 0.6 is 11.6 Å². The van der Waals surface area contributed by atoms with Gasteiger partial charge in [-0.15, -0.1) is 0 Å². The van der Waals surface area contributed by atoms with Crippen molar-refractivity contribution in [2.45, 2.75) is 19.3 Å². The highest BCUT2D eigenvalue weighted by Crippen LogP contribution is 2.32. The minimum absolute atomic E-state index is 0.00650. The van der Waals surface area contributed by atoms with Gasteiger partial charge in [-0.3, -0.25) is 9.59 Å². The Morgan fingerprint density at radius 2 is 1.73 bits per heavy atom. The molecule has 3 rings (SSSR count). The van der Waals surface area contributed by atoms with Crippen LogP contribution in [0.2, 0.25) is 5.02 Å². The molecule has 2 aliphatic rings. The molecule has 6 nitrogen and oxygen atoms in total. The van der Waals surface area contributed by atoms with Gasteiger partial charge in [0, 0.05) is 37.1 Å². The molecule has 0 unspecified atom stereocenters. The summed E-state index contributed by atoms with van der Waals surface area (Å²) in [5, 5.41) is 0.628. The van der Waals surface area contributed by atoms with Crippen molar-refractivity contribution in [3.05, 3.63) is 29.3 Å². The number of carbonyl (C=O) groups excluding carboxylic acids is 2. The molecule has 7 heteroatoms. The van der Waals surface area contributed by atoms with Crippen LogP contribution in [-0.4, -0.2) is 60.9 Å². The molecule has 0 aromatic heterocycles. The van der Waals surface area contributed by atoms with Crippen LogP contribution in [-0.2, 0) is 9.59 Å². The number of rotatable bonds is 5. The highest BCUT2D eigenvalue weighted by atomic mass is 35.5. The number of amides is 2. The molecule has 0 spiro atoms. The lowest BCUT2D eigenvalue weighted by atomic mass is 9.94. The van der Waals surface area contributed by atoms with Crippen molar-refractivity contribution in [2.24, 2.45) is 17.6 Å². The number of nitrogens with two attached hydrogens (primary N) is 1. The highest BCUT2D eigenvalue weighted by Gasteiger charge is 2.36. The first kappa shape index (κ1) is 19.0. The molecule has 1 heterocycles. The van der Waals surface area contributed by atoms with Gasteiger partial charge in [-0.1, -0.05) is 18.0 Å². The second-order valence-electron chi connectivity index (χ2n) is 6.98. The van der Waals surface area contributed by atoms with Gasteiger partial charge in [-0.2, -0.15) is 0 Å². The Kier molecular flexibility index (Phi) is 6.38. The second kappa shape index (κ2) is 8.73. The summed E-state index contributed by atoms with van der Waals surface area (Å²) < 4.78 is 5.52. The molecule has 1 aliphatic heterocycles. The molecule has 1 aromatic carbocycles. The summed E-state index contributed by atoms with van der Waals surface area (Å²) in [5.74, 6) is 1.14. The normalized spacial score (nSPS) is 23.2. The van der Waals surface area contributed by atoms with E-state index in [4.69, 9.17) is 22.1 Å². The average molecular weight is 380 g/mol. The Hall–Kier alpha value is -1.79. The quantitative estimate of drug-likeness (QED) is 0.845. The van der Waals surface area contributed by atoms with Gasteiger partial charge < -0.3 is 20.3 Å². The fourth-order valence-electron chi connectivity index (χ4n) is 3.82. The predicted octanol–water partition coefficient (Wildman–Crippen LogP) is 1.76. The fraction of sp³-hybridized carbons (Fsp3) is 0.579. The van der Waals surface area contributed by atoms with Crippen molar-refractivity contribution in [3.8, 4) is 5.75 Å². The van der Waals surface area contributed by atoms with Crippen LogP contribution in [0.25, 0.3) is 0 Å². The second-order valence-corrected chi connectivity index (χ2v) is 7.42. The lowest BCUT2D eigenvalue weighted by molar-refractivity contribution is -0.143. The van der Waals surface area contributed by atoms with Gasteiger partial charge in [0.2, 0.25) is 5.91 Å². The number of carbonyl (C=O) groups is 2. The minimum atomic E-state index is -0.0623. The number of benzene rings is 1. The van der Waals surface area contributed by atoms with E-state index in [1.807, 2.05) is 4.90 Å². The summed E-state index contributed by atoms with van der Waals surface area (Å²) in [5.41, 5.74) is 5.80. The average Bonchev–Trinajstić information content (AvgIpc) is 3.15. The van der Waals surface area contributed by atoms with Gasteiger partial charge in [0.15, 0.2) is 6.61 Å². The smallest absolute Gasteiger partial charge is 0.260 e. The SMILES string of the molecule is NC[C@H]1CCC[C@H]1C(=O)N1CCN(C(=O)COc2ccc(Cl)cc2)CC1. The first-order valence-corrected chi connectivity index (χ1v) is 9.61. The molecule has 1 saturated heterocycles. The zero-order valence-electron chi connectivity index (χ0n) is 14.9. The summed E-state index contributed by atoms with van der Waals surface area (Å²) in [7, 11) is 0. The van der Waals surface area contributed by atoms with Crippen LogP contribution in [0.15, 0.2) is 24.3 Å². The Morgan fingerprint density at radius 1 is 1.08 bits per heavy atom. The van der Waals surface area contributed by atoms with Gasteiger partial charge in [-0.25, -0.2) is 0 Å². The number of piperazine rings is 1. The van der Waals surface area contributed by atoms with E-state index in [0.29, 0.717) is 49.4 Å². The molecule has 2 fully saturated rings. The van der Waals surface area contributed by atoms with E-state index in [2.05, 4.69) is 0 Å².